The molecular formula is C17H20NO3+. The van der Waals surface area contributed by atoms with Crippen LogP contribution in [-0.4, -0.2) is 23.9 Å². The molecule has 0 unspecified atom stereocenters. The summed E-state index contributed by atoms with van der Waals surface area (Å²) in [7, 11) is 1.57. The molecule has 0 aliphatic carbocycles. The van der Waals surface area contributed by atoms with E-state index >= 15 is 0 Å². The Balaban J connectivity index is 1.90. The summed E-state index contributed by atoms with van der Waals surface area (Å²) < 4.78 is 5.23. The third kappa shape index (κ3) is 2.81. The molecule has 0 fully saturated rings. The molecule has 0 aromatic heterocycles. The van der Waals surface area contributed by atoms with Gasteiger partial charge in [0.05, 0.1) is 13.7 Å². The zero-order chi connectivity index (χ0) is 14.8. The molecule has 1 aliphatic rings. The summed E-state index contributed by atoms with van der Waals surface area (Å²) in [5, 5.41) is 21.6. The average molecular weight is 286 g/mol. The Morgan fingerprint density at radius 2 is 1.95 bits per heavy atom. The second kappa shape index (κ2) is 5.66. The Morgan fingerprint density at radius 3 is 2.67 bits per heavy atom. The second-order valence-corrected chi connectivity index (χ2v) is 5.47. The highest BCUT2D eigenvalue weighted by atomic mass is 16.5. The number of phenolic OH excluding ortho intramolecular Hbond substituents is 2. The summed E-state index contributed by atoms with van der Waals surface area (Å²) in [4.78, 5) is 0. The molecule has 0 spiro atoms. The summed E-state index contributed by atoms with van der Waals surface area (Å²) in [5.41, 5.74) is 3.61. The van der Waals surface area contributed by atoms with Crippen molar-refractivity contribution in [2.45, 2.75) is 18.9 Å². The quantitative estimate of drug-likeness (QED) is 0.801. The van der Waals surface area contributed by atoms with Crippen molar-refractivity contribution in [2.24, 2.45) is 0 Å². The fraction of sp³-hybridized carbons (Fsp3) is 0.294. The normalized spacial score (nSPS) is 17.3. The van der Waals surface area contributed by atoms with Crippen LogP contribution in [-0.2, 0) is 12.8 Å². The van der Waals surface area contributed by atoms with Gasteiger partial charge in [-0.2, -0.15) is 0 Å². The Hall–Kier alpha value is -2.20. The number of rotatable bonds is 3. The largest absolute Gasteiger partial charge is 0.508 e. The van der Waals surface area contributed by atoms with E-state index in [0.717, 1.165) is 19.4 Å². The van der Waals surface area contributed by atoms with Crippen LogP contribution >= 0.6 is 0 Å². The first-order chi connectivity index (χ1) is 10.2. The van der Waals surface area contributed by atoms with Crippen molar-refractivity contribution in [3.05, 3.63) is 53.1 Å². The third-order valence-electron chi connectivity index (χ3n) is 4.10. The van der Waals surface area contributed by atoms with Crippen molar-refractivity contribution in [2.75, 3.05) is 13.7 Å². The number of benzene rings is 2. The monoisotopic (exact) mass is 286 g/mol. The van der Waals surface area contributed by atoms with Gasteiger partial charge in [-0.15, -0.1) is 0 Å². The molecule has 3 rings (SSSR count). The Morgan fingerprint density at radius 1 is 1.19 bits per heavy atom. The maximum atomic E-state index is 9.91. The molecule has 4 heteroatoms. The van der Waals surface area contributed by atoms with E-state index in [9.17, 15) is 10.2 Å². The first-order valence-electron chi connectivity index (χ1n) is 7.18. The molecule has 2 aromatic carbocycles. The van der Waals surface area contributed by atoms with Crippen molar-refractivity contribution in [1.29, 1.82) is 0 Å². The molecule has 2 aromatic rings. The second-order valence-electron chi connectivity index (χ2n) is 5.47. The van der Waals surface area contributed by atoms with Crippen LogP contribution in [0.1, 0.15) is 22.7 Å². The number of ether oxygens (including phenoxy) is 1. The lowest BCUT2D eigenvalue weighted by Gasteiger charge is -2.25. The summed E-state index contributed by atoms with van der Waals surface area (Å²) >= 11 is 0. The lowest BCUT2D eigenvalue weighted by Crippen LogP contribution is -2.87. The molecule has 0 bridgehead atoms. The van der Waals surface area contributed by atoms with Gasteiger partial charge in [-0.05, 0) is 35.4 Å². The van der Waals surface area contributed by atoms with Crippen LogP contribution in [0.2, 0.25) is 0 Å². The molecule has 4 nitrogen and oxygen atoms in total. The molecule has 1 atom stereocenters. The first-order valence-corrected chi connectivity index (χ1v) is 7.18. The van der Waals surface area contributed by atoms with Gasteiger partial charge < -0.3 is 20.3 Å². The molecule has 1 heterocycles. The van der Waals surface area contributed by atoms with E-state index in [4.69, 9.17) is 4.74 Å². The van der Waals surface area contributed by atoms with Gasteiger partial charge in [-0.3, -0.25) is 0 Å². The van der Waals surface area contributed by atoms with Crippen LogP contribution in [0.4, 0.5) is 0 Å². The Bertz CT molecular complexity index is 637. The van der Waals surface area contributed by atoms with Gasteiger partial charge in [0.1, 0.15) is 11.8 Å². The number of quaternary nitrogens is 1. The zero-order valence-electron chi connectivity index (χ0n) is 12.0. The summed E-state index contributed by atoms with van der Waals surface area (Å²) in [6.45, 7) is 1.02. The highest BCUT2D eigenvalue weighted by Gasteiger charge is 2.25. The molecular weight excluding hydrogens is 266 g/mol. The molecule has 1 aliphatic heterocycles. The molecule has 0 radical (unpaired) electrons. The van der Waals surface area contributed by atoms with Gasteiger partial charge >= 0.3 is 0 Å². The third-order valence-corrected chi connectivity index (χ3v) is 4.10. The van der Waals surface area contributed by atoms with Crippen LogP contribution in [0.3, 0.4) is 0 Å². The van der Waals surface area contributed by atoms with E-state index in [-0.39, 0.29) is 5.75 Å². The minimum absolute atomic E-state index is 0.210. The van der Waals surface area contributed by atoms with Crippen molar-refractivity contribution < 1.29 is 20.3 Å². The van der Waals surface area contributed by atoms with Gasteiger partial charge in [0.2, 0.25) is 0 Å². The topological polar surface area (TPSA) is 66.3 Å². The molecule has 0 saturated carbocycles. The van der Waals surface area contributed by atoms with Crippen LogP contribution in [0.5, 0.6) is 17.2 Å². The fourth-order valence-corrected chi connectivity index (χ4v) is 3.00. The van der Waals surface area contributed by atoms with Gasteiger partial charge in [0.25, 0.3) is 0 Å². The number of phenols is 2. The fourth-order valence-electron chi connectivity index (χ4n) is 3.00. The van der Waals surface area contributed by atoms with Crippen molar-refractivity contribution in [3.8, 4) is 17.2 Å². The van der Waals surface area contributed by atoms with E-state index in [1.165, 1.54) is 16.7 Å². The minimum atomic E-state index is 0.210. The van der Waals surface area contributed by atoms with Gasteiger partial charge in [0, 0.05) is 18.4 Å². The van der Waals surface area contributed by atoms with Gasteiger partial charge in [-0.25, -0.2) is 0 Å². The van der Waals surface area contributed by atoms with E-state index in [0.29, 0.717) is 17.5 Å². The number of methoxy groups -OCH3 is 1. The molecule has 21 heavy (non-hydrogen) atoms. The summed E-state index contributed by atoms with van der Waals surface area (Å²) in [6.07, 6.45) is 1.85. The predicted octanol–water partition coefficient (Wildman–Crippen LogP) is 1.51. The Kier molecular flexibility index (Phi) is 3.71. The minimum Gasteiger partial charge on any atom is -0.508 e. The van der Waals surface area contributed by atoms with Crippen LogP contribution in [0.25, 0.3) is 0 Å². The maximum Gasteiger partial charge on any atom is 0.161 e. The van der Waals surface area contributed by atoms with E-state index in [1.807, 2.05) is 24.3 Å². The highest BCUT2D eigenvalue weighted by Crippen LogP contribution is 2.33. The van der Waals surface area contributed by atoms with Crippen molar-refractivity contribution in [1.82, 2.24) is 0 Å². The molecule has 110 valence electrons. The molecule has 0 saturated heterocycles. The van der Waals surface area contributed by atoms with E-state index in [1.54, 1.807) is 19.2 Å². The number of aromatic hydroxyl groups is 2. The smallest absolute Gasteiger partial charge is 0.161 e. The summed E-state index contributed by atoms with van der Waals surface area (Å²) in [5.74, 6) is 1.03. The first kappa shape index (κ1) is 13.8. The number of hydrogen-bond donors (Lipinski definition) is 3. The van der Waals surface area contributed by atoms with Crippen LogP contribution < -0.4 is 10.1 Å². The lowest BCUT2D eigenvalue weighted by molar-refractivity contribution is -0.698. The van der Waals surface area contributed by atoms with Crippen molar-refractivity contribution in [3.63, 3.8) is 0 Å². The maximum absolute atomic E-state index is 9.91. The van der Waals surface area contributed by atoms with Gasteiger partial charge in [0.15, 0.2) is 11.5 Å². The lowest BCUT2D eigenvalue weighted by atomic mass is 9.90. The Labute approximate surface area is 124 Å². The molecule has 0 amide bonds. The number of nitrogens with two attached hydrogens (primary N) is 1. The van der Waals surface area contributed by atoms with Crippen LogP contribution in [0, 0.1) is 0 Å². The predicted molar refractivity (Wildman–Crippen MR) is 79.7 cm³/mol. The molecule has 4 N–H and O–H groups in total. The van der Waals surface area contributed by atoms with E-state index in [2.05, 4.69) is 5.32 Å². The average Bonchev–Trinajstić information content (AvgIpc) is 2.49. The summed E-state index contributed by atoms with van der Waals surface area (Å²) in [6, 6.07) is 11.4. The van der Waals surface area contributed by atoms with Crippen LogP contribution in [0.15, 0.2) is 36.4 Å². The SMILES string of the molecule is COc1cc2c(cc1O)CC[NH2+][C@H]2Cc1ccc(O)cc1. The number of hydrogen-bond acceptors (Lipinski definition) is 3. The standard InChI is InChI=1S/C17H19NO3/c1-21-17-10-14-12(9-16(17)20)6-7-18-15(14)8-11-2-4-13(19)5-3-11/h2-5,9-10,15,18-20H,6-8H2,1H3/p+1/t15-/m0/s1. The van der Waals surface area contributed by atoms with Gasteiger partial charge in [-0.1, -0.05) is 12.1 Å². The highest BCUT2D eigenvalue weighted by molar-refractivity contribution is 5.48. The van der Waals surface area contributed by atoms with E-state index < -0.39 is 0 Å². The number of fused-ring (bicyclic) bond motifs is 1. The zero-order valence-corrected chi connectivity index (χ0v) is 12.0. The van der Waals surface area contributed by atoms with Crippen molar-refractivity contribution >= 4 is 0 Å².